The van der Waals surface area contributed by atoms with Gasteiger partial charge in [-0.3, -0.25) is 0 Å². The number of aryl methyl sites for hydroxylation is 1. The molecule has 0 amide bonds. The Hall–Kier alpha value is -1.90. The zero-order chi connectivity index (χ0) is 22.2. The van der Waals surface area contributed by atoms with Gasteiger partial charge in [-0.2, -0.15) is 0 Å². The third kappa shape index (κ3) is 11.3. The summed E-state index contributed by atoms with van der Waals surface area (Å²) >= 11 is 0. The number of unbranched alkanes of at least 4 members (excludes halogenated alkanes) is 9. The van der Waals surface area contributed by atoms with E-state index in [2.05, 4.69) is 42.9 Å². The Morgan fingerprint density at radius 2 is 1.35 bits per heavy atom. The van der Waals surface area contributed by atoms with Crippen LogP contribution in [0.4, 0.5) is 0 Å². The summed E-state index contributed by atoms with van der Waals surface area (Å²) in [4.78, 5) is 9.15. The molecule has 1 heterocycles. The average molecular weight is 425 g/mol. The lowest BCUT2D eigenvalue weighted by molar-refractivity contribution is 0.304. The van der Waals surface area contributed by atoms with Crippen molar-refractivity contribution in [1.29, 1.82) is 0 Å². The molecule has 0 radical (unpaired) electrons. The average Bonchev–Trinajstić information content (AvgIpc) is 2.78. The largest absolute Gasteiger partial charge is 0.494 e. The van der Waals surface area contributed by atoms with Crippen molar-refractivity contribution in [1.82, 2.24) is 9.97 Å². The van der Waals surface area contributed by atoms with Crippen LogP contribution in [0.25, 0.3) is 11.4 Å². The molecular weight excluding hydrogens is 380 g/mol. The summed E-state index contributed by atoms with van der Waals surface area (Å²) < 4.78 is 5.90. The smallest absolute Gasteiger partial charge is 0.159 e. The van der Waals surface area contributed by atoms with E-state index in [0.29, 0.717) is 0 Å². The van der Waals surface area contributed by atoms with Gasteiger partial charge < -0.3 is 4.74 Å². The fourth-order valence-electron chi connectivity index (χ4n) is 3.82. The van der Waals surface area contributed by atoms with Crippen molar-refractivity contribution in [2.45, 2.75) is 104 Å². The Morgan fingerprint density at radius 3 is 2.03 bits per heavy atom. The van der Waals surface area contributed by atoms with Crippen molar-refractivity contribution < 1.29 is 4.74 Å². The molecule has 0 fully saturated rings. The fourth-order valence-corrected chi connectivity index (χ4v) is 3.82. The number of rotatable bonds is 17. The summed E-state index contributed by atoms with van der Waals surface area (Å²) in [7, 11) is 0. The molecule has 1 aromatic heterocycles. The molecule has 3 heteroatoms. The lowest BCUT2D eigenvalue weighted by atomic mass is 10.0. The van der Waals surface area contributed by atoms with Crippen molar-refractivity contribution in [3.05, 3.63) is 42.2 Å². The first-order chi connectivity index (χ1) is 15.2. The summed E-state index contributed by atoms with van der Waals surface area (Å²) in [5.74, 6) is 2.56. The van der Waals surface area contributed by atoms with Gasteiger partial charge in [0.2, 0.25) is 0 Å². The molecule has 0 atom stereocenters. The molecule has 0 spiro atoms. The zero-order valence-electron chi connectivity index (χ0n) is 20.2. The highest BCUT2D eigenvalue weighted by Gasteiger charge is 2.03. The van der Waals surface area contributed by atoms with E-state index in [0.717, 1.165) is 42.5 Å². The molecule has 2 rings (SSSR count). The topological polar surface area (TPSA) is 35.0 Å². The van der Waals surface area contributed by atoms with E-state index in [9.17, 15) is 0 Å². The second kappa shape index (κ2) is 15.8. The van der Waals surface area contributed by atoms with Gasteiger partial charge >= 0.3 is 0 Å². The molecule has 31 heavy (non-hydrogen) atoms. The molecule has 3 nitrogen and oxygen atoms in total. The van der Waals surface area contributed by atoms with Crippen LogP contribution in [0.3, 0.4) is 0 Å². The minimum absolute atomic E-state index is 0.791. The zero-order valence-corrected chi connectivity index (χ0v) is 20.2. The summed E-state index contributed by atoms with van der Waals surface area (Å²) in [6, 6.07) is 8.19. The predicted molar refractivity (Wildman–Crippen MR) is 133 cm³/mol. The fraction of sp³-hybridized carbons (Fsp3) is 0.643. The molecule has 0 N–H and O–H groups in total. The van der Waals surface area contributed by atoms with Crippen molar-refractivity contribution in [3.63, 3.8) is 0 Å². The third-order valence-electron chi connectivity index (χ3n) is 5.83. The van der Waals surface area contributed by atoms with Gasteiger partial charge in [-0.1, -0.05) is 85.0 Å². The van der Waals surface area contributed by atoms with Crippen LogP contribution in [-0.4, -0.2) is 16.6 Å². The van der Waals surface area contributed by atoms with E-state index in [1.807, 2.05) is 24.5 Å². The van der Waals surface area contributed by atoms with E-state index in [-0.39, 0.29) is 0 Å². The molecule has 172 valence electrons. The number of hydrogen-bond donors (Lipinski definition) is 0. The summed E-state index contributed by atoms with van der Waals surface area (Å²) in [6.07, 6.45) is 20.8. The van der Waals surface area contributed by atoms with Crippen LogP contribution in [0.1, 0.15) is 103 Å². The van der Waals surface area contributed by atoms with Gasteiger partial charge in [0.25, 0.3) is 0 Å². The van der Waals surface area contributed by atoms with Crippen molar-refractivity contribution in [2.75, 3.05) is 6.61 Å². The van der Waals surface area contributed by atoms with Crippen LogP contribution in [0.2, 0.25) is 0 Å². The van der Waals surface area contributed by atoms with Crippen LogP contribution in [0.15, 0.2) is 36.7 Å². The first-order valence-electron chi connectivity index (χ1n) is 12.7. The maximum absolute atomic E-state index is 5.90. The maximum atomic E-state index is 5.90. The quantitative estimate of drug-likeness (QED) is 0.239. The monoisotopic (exact) mass is 424 g/mol. The number of hydrogen-bond acceptors (Lipinski definition) is 3. The second-order valence-corrected chi connectivity index (χ2v) is 9.26. The summed E-state index contributed by atoms with van der Waals surface area (Å²) in [5, 5.41) is 0. The molecule has 0 aliphatic heterocycles. The van der Waals surface area contributed by atoms with Crippen LogP contribution >= 0.6 is 0 Å². The highest BCUT2D eigenvalue weighted by atomic mass is 16.5. The van der Waals surface area contributed by atoms with Gasteiger partial charge in [0.15, 0.2) is 5.82 Å². The van der Waals surface area contributed by atoms with E-state index < -0.39 is 0 Å². The van der Waals surface area contributed by atoms with Crippen molar-refractivity contribution in [2.24, 2.45) is 5.92 Å². The van der Waals surface area contributed by atoms with Gasteiger partial charge in [0.1, 0.15) is 5.75 Å². The van der Waals surface area contributed by atoms with E-state index >= 15 is 0 Å². The van der Waals surface area contributed by atoms with Crippen LogP contribution in [0.5, 0.6) is 5.75 Å². The number of ether oxygens (including phenoxy) is 1. The predicted octanol–water partition coefficient (Wildman–Crippen LogP) is 8.42. The van der Waals surface area contributed by atoms with E-state index in [1.165, 1.54) is 76.2 Å². The molecule has 0 unspecified atom stereocenters. The highest BCUT2D eigenvalue weighted by Crippen LogP contribution is 2.20. The van der Waals surface area contributed by atoms with E-state index in [1.54, 1.807) is 0 Å². The number of benzene rings is 1. The Morgan fingerprint density at radius 1 is 0.742 bits per heavy atom. The van der Waals surface area contributed by atoms with Crippen molar-refractivity contribution in [3.8, 4) is 17.1 Å². The molecule has 0 saturated heterocycles. The van der Waals surface area contributed by atoms with Gasteiger partial charge in [-0.25, -0.2) is 9.97 Å². The summed E-state index contributed by atoms with van der Waals surface area (Å²) in [6.45, 7) is 7.67. The normalized spacial score (nSPS) is 11.2. The van der Waals surface area contributed by atoms with Gasteiger partial charge in [-0.05, 0) is 55.0 Å². The lowest BCUT2D eigenvalue weighted by Crippen LogP contribution is -1.98. The van der Waals surface area contributed by atoms with Crippen LogP contribution in [-0.2, 0) is 6.42 Å². The molecule has 0 aliphatic carbocycles. The van der Waals surface area contributed by atoms with Gasteiger partial charge in [0.05, 0.1) is 6.61 Å². The Kier molecular flexibility index (Phi) is 13.0. The highest BCUT2D eigenvalue weighted by molar-refractivity contribution is 5.55. The van der Waals surface area contributed by atoms with Gasteiger partial charge in [0, 0.05) is 18.0 Å². The Labute approximate surface area is 191 Å². The van der Waals surface area contributed by atoms with Gasteiger partial charge in [-0.15, -0.1) is 0 Å². The second-order valence-electron chi connectivity index (χ2n) is 9.26. The molecular formula is C28H44N2O. The minimum Gasteiger partial charge on any atom is -0.494 e. The van der Waals surface area contributed by atoms with Crippen LogP contribution < -0.4 is 4.74 Å². The number of aromatic nitrogens is 2. The Balaban J connectivity index is 1.63. The molecule has 0 aliphatic rings. The third-order valence-corrected chi connectivity index (χ3v) is 5.83. The first kappa shape index (κ1) is 25.4. The Bertz CT molecular complexity index is 679. The number of nitrogens with zero attached hydrogens (tertiary/aromatic N) is 2. The van der Waals surface area contributed by atoms with Crippen molar-refractivity contribution >= 4 is 0 Å². The lowest BCUT2D eigenvalue weighted by Gasteiger charge is -2.08. The molecule has 0 bridgehead atoms. The SMILES string of the molecule is CCCCCCCCc1cnc(-c2ccc(OCCCCCCCC(C)C)cc2)nc1. The molecule has 0 saturated carbocycles. The van der Waals surface area contributed by atoms with E-state index in [4.69, 9.17) is 4.74 Å². The molecule has 2 aromatic rings. The minimum atomic E-state index is 0.791. The molecule has 1 aromatic carbocycles. The summed E-state index contributed by atoms with van der Waals surface area (Å²) in [5.41, 5.74) is 2.28. The standard InChI is InChI=1S/C28H44N2O/c1-4-5-6-7-10-13-16-25-22-29-28(30-23-25)26-17-19-27(20-18-26)31-21-14-11-8-9-12-15-24(2)3/h17-20,22-24H,4-16,21H2,1-3H3. The maximum Gasteiger partial charge on any atom is 0.159 e. The first-order valence-corrected chi connectivity index (χ1v) is 12.7. The van der Waals surface area contributed by atoms with Crippen LogP contribution in [0, 0.1) is 5.92 Å².